The van der Waals surface area contributed by atoms with Crippen LogP contribution in [0.3, 0.4) is 0 Å². The molecule has 0 saturated heterocycles. The number of amides is 1. The molecule has 170 valence electrons. The molecule has 0 spiro atoms. The second-order valence-corrected chi connectivity index (χ2v) is 7.98. The lowest BCUT2D eigenvalue weighted by Crippen LogP contribution is -2.14. The van der Waals surface area contributed by atoms with Gasteiger partial charge in [0.25, 0.3) is 5.91 Å². The van der Waals surface area contributed by atoms with Crippen LogP contribution in [0.25, 0.3) is 22.9 Å². The van der Waals surface area contributed by atoms with Crippen LogP contribution in [-0.4, -0.2) is 40.5 Å². The molecule has 0 bridgehead atoms. The average molecular weight is 498 g/mol. The summed E-state index contributed by atoms with van der Waals surface area (Å²) >= 11 is 12.5. The molecule has 0 aliphatic rings. The molecule has 1 aromatic carbocycles. The maximum atomic E-state index is 14.0. The molecule has 0 aliphatic heterocycles. The van der Waals surface area contributed by atoms with Crippen LogP contribution in [0.4, 0.5) is 15.9 Å². The van der Waals surface area contributed by atoms with Crippen LogP contribution in [-0.2, 0) is 0 Å². The predicted molar refractivity (Wildman–Crippen MR) is 124 cm³/mol. The number of para-hydroxylation sites is 1. The average Bonchev–Trinajstić information content (AvgIpc) is 3.42. The van der Waals surface area contributed by atoms with Crippen LogP contribution in [0.5, 0.6) is 0 Å². The molecule has 4 heterocycles. The van der Waals surface area contributed by atoms with Crippen molar-refractivity contribution in [3.8, 4) is 17.2 Å². The van der Waals surface area contributed by atoms with Crippen LogP contribution in [0.15, 0.2) is 48.7 Å². The number of nitrogens with one attached hydrogen (secondary N) is 1. The number of anilines is 2. The monoisotopic (exact) mass is 497 g/mol. The van der Waals surface area contributed by atoms with Crippen molar-refractivity contribution in [2.24, 2.45) is 5.73 Å². The molecular weight excluding hydrogens is 484 g/mol. The standard InChI is InChI=1S/C21H14Cl2FN9O/c1-10-14(24)6-8-16-28-29-21(32(10)16)15-7-5-11(9-26-15)27-20-17(19(25)34)30-33(31-20)18-12(22)3-2-4-13(18)23/h2-9H,1H3,(H2,25,34)(H,27,31). The Morgan fingerprint density at radius 1 is 1.06 bits per heavy atom. The molecule has 0 aliphatic carbocycles. The van der Waals surface area contributed by atoms with Crippen LogP contribution < -0.4 is 11.1 Å². The minimum Gasteiger partial charge on any atom is -0.364 e. The molecule has 0 saturated carbocycles. The Bertz CT molecular complexity index is 1540. The van der Waals surface area contributed by atoms with E-state index in [0.29, 0.717) is 44.3 Å². The number of aromatic nitrogens is 7. The summed E-state index contributed by atoms with van der Waals surface area (Å²) in [4.78, 5) is 17.5. The van der Waals surface area contributed by atoms with E-state index in [1.807, 2.05) is 0 Å². The highest BCUT2D eigenvalue weighted by Gasteiger charge is 2.20. The van der Waals surface area contributed by atoms with E-state index in [-0.39, 0.29) is 17.3 Å². The van der Waals surface area contributed by atoms with Gasteiger partial charge in [0.2, 0.25) is 0 Å². The zero-order chi connectivity index (χ0) is 24.0. The summed E-state index contributed by atoms with van der Waals surface area (Å²) in [5.41, 5.74) is 7.48. The van der Waals surface area contributed by atoms with Gasteiger partial charge in [-0.3, -0.25) is 14.2 Å². The number of primary amides is 1. The summed E-state index contributed by atoms with van der Waals surface area (Å²) in [6, 6.07) is 11.1. The number of nitrogens with zero attached hydrogens (tertiary/aromatic N) is 7. The number of rotatable bonds is 5. The number of pyridine rings is 2. The number of hydrogen-bond donors (Lipinski definition) is 2. The van der Waals surface area contributed by atoms with Gasteiger partial charge in [0.1, 0.15) is 17.2 Å². The molecule has 13 heteroatoms. The smallest absolute Gasteiger partial charge is 0.273 e. The first-order valence-electron chi connectivity index (χ1n) is 9.78. The quantitative estimate of drug-likeness (QED) is 0.375. The molecule has 1 amide bonds. The van der Waals surface area contributed by atoms with Crippen molar-refractivity contribution < 1.29 is 9.18 Å². The molecule has 0 fully saturated rings. The Hall–Kier alpha value is -4.09. The second-order valence-electron chi connectivity index (χ2n) is 7.16. The largest absolute Gasteiger partial charge is 0.364 e. The summed E-state index contributed by atoms with van der Waals surface area (Å²) in [6.07, 6.45) is 1.50. The van der Waals surface area contributed by atoms with Gasteiger partial charge in [0.15, 0.2) is 23.0 Å². The molecular formula is C21H14Cl2FN9O. The van der Waals surface area contributed by atoms with Gasteiger partial charge in [-0.25, -0.2) is 4.39 Å². The highest BCUT2D eigenvalue weighted by molar-refractivity contribution is 6.37. The van der Waals surface area contributed by atoms with Crippen molar-refractivity contribution in [1.29, 1.82) is 0 Å². The minimum atomic E-state index is -0.797. The summed E-state index contributed by atoms with van der Waals surface area (Å²) < 4.78 is 15.6. The van der Waals surface area contributed by atoms with E-state index in [1.165, 1.54) is 18.3 Å². The fourth-order valence-electron chi connectivity index (χ4n) is 3.35. The second kappa shape index (κ2) is 8.36. The number of hydrogen-bond acceptors (Lipinski definition) is 7. The van der Waals surface area contributed by atoms with Crippen molar-refractivity contribution >= 4 is 46.3 Å². The first kappa shape index (κ1) is 21.7. The van der Waals surface area contributed by atoms with Crippen LogP contribution in [0.1, 0.15) is 16.2 Å². The van der Waals surface area contributed by atoms with Crippen molar-refractivity contribution in [2.75, 3.05) is 5.32 Å². The zero-order valence-electron chi connectivity index (χ0n) is 17.4. The fraction of sp³-hybridized carbons (Fsp3) is 0.0476. The molecule has 5 rings (SSSR count). The lowest BCUT2D eigenvalue weighted by molar-refractivity contribution is 0.0996. The molecule has 0 atom stereocenters. The van der Waals surface area contributed by atoms with Crippen LogP contribution in [0, 0.1) is 12.7 Å². The number of benzene rings is 1. The third kappa shape index (κ3) is 3.70. The predicted octanol–water partition coefficient (Wildman–Crippen LogP) is 3.97. The van der Waals surface area contributed by atoms with E-state index in [1.54, 1.807) is 41.7 Å². The maximum Gasteiger partial charge on any atom is 0.273 e. The SMILES string of the molecule is Cc1c(F)ccc2nnc(-c3ccc(Nc4nn(-c5c(Cl)cccc5Cl)nc4C(N)=O)cn3)n12. The van der Waals surface area contributed by atoms with Crippen molar-refractivity contribution in [3.05, 3.63) is 75.9 Å². The van der Waals surface area contributed by atoms with Gasteiger partial charge in [0, 0.05) is 0 Å². The third-order valence-electron chi connectivity index (χ3n) is 4.99. The van der Waals surface area contributed by atoms with Gasteiger partial charge in [-0.15, -0.1) is 25.2 Å². The van der Waals surface area contributed by atoms with Crippen molar-refractivity contribution in [2.45, 2.75) is 6.92 Å². The number of halogens is 3. The van der Waals surface area contributed by atoms with E-state index >= 15 is 0 Å². The van der Waals surface area contributed by atoms with Gasteiger partial charge in [-0.2, -0.15) is 0 Å². The summed E-state index contributed by atoms with van der Waals surface area (Å²) in [7, 11) is 0. The topological polar surface area (TPSA) is 129 Å². The Labute approximate surface area is 201 Å². The molecule has 0 radical (unpaired) electrons. The Balaban J connectivity index is 1.49. The van der Waals surface area contributed by atoms with Gasteiger partial charge >= 0.3 is 0 Å². The van der Waals surface area contributed by atoms with E-state index in [9.17, 15) is 9.18 Å². The van der Waals surface area contributed by atoms with E-state index in [4.69, 9.17) is 28.9 Å². The number of nitrogens with two attached hydrogens (primary N) is 1. The first-order valence-corrected chi connectivity index (χ1v) is 10.5. The Kier molecular flexibility index (Phi) is 5.34. The van der Waals surface area contributed by atoms with Crippen LogP contribution >= 0.6 is 23.2 Å². The third-order valence-corrected chi connectivity index (χ3v) is 5.60. The van der Waals surface area contributed by atoms with Crippen LogP contribution in [0.2, 0.25) is 10.0 Å². The zero-order valence-corrected chi connectivity index (χ0v) is 18.9. The van der Waals surface area contributed by atoms with Crippen molar-refractivity contribution in [1.82, 2.24) is 34.6 Å². The molecule has 5 aromatic rings. The van der Waals surface area contributed by atoms with E-state index in [0.717, 1.165) is 4.80 Å². The maximum absolute atomic E-state index is 14.0. The van der Waals surface area contributed by atoms with Crippen molar-refractivity contribution in [3.63, 3.8) is 0 Å². The molecule has 34 heavy (non-hydrogen) atoms. The minimum absolute atomic E-state index is 0.0869. The number of carbonyl (C=O) groups is 1. The highest BCUT2D eigenvalue weighted by Crippen LogP contribution is 2.29. The Morgan fingerprint density at radius 2 is 1.82 bits per heavy atom. The van der Waals surface area contributed by atoms with Gasteiger partial charge < -0.3 is 11.1 Å². The fourth-order valence-corrected chi connectivity index (χ4v) is 3.90. The summed E-state index contributed by atoms with van der Waals surface area (Å²) in [5.74, 6) is -0.707. The molecule has 3 N–H and O–H groups in total. The molecule has 4 aromatic heterocycles. The van der Waals surface area contributed by atoms with Gasteiger partial charge in [-0.05, 0) is 43.3 Å². The van der Waals surface area contributed by atoms with Gasteiger partial charge in [-0.1, -0.05) is 29.3 Å². The van der Waals surface area contributed by atoms with E-state index in [2.05, 4.69) is 30.7 Å². The number of carbonyl (C=O) groups excluding carboxylic acids is 1. The van der Waals surface area contributed by atoms with Gasteiger partial charge in [0.05, 0.1) is 27.6 Å². The van der Waals surface area contributed by atoms with E-state index < -0.39 is 5.91 Å². The lowest BCUT2D eigenvalue weighted by Gasteiger charge is -2.06. The number of aryl methyl sites for hydroxylation is 1. The first-order chi connectivity index (χ1) is 16.3. The normalized spacial score (nSPS) is 11.2. The summed E-state index contributed by atoms with van der Waals surface area (Å²) in [6.45, 7) is 1.63. The lowest BCUT2D eigenvalue weighted by atomic mass is 10.3. The Morgan fingerprint density at radius 3 is 2.50 bits per heavy atom. The molecule has 0 unspecified atom stereocenters. The number of fused-ring (bicyclic) bond motifs is 1. The highest BCUT2D eigenvalue weighted by atomic mass is 35.5. The molecule has 10 nitrogen and oxygen atoms in total. The summed E-state index contributed by atoms with van der Waals surface area (Å²) in [5, 5.41) is 20.2.